The molecule has 1 aromatic carbocycles. The van der Waals surface area contributed by atoms with Crippen molar-refractivity contribution in [1.29, 1.82) is 0 Å². The first-order valence-corrected chi connectivity index (χ1v) is 9.42. The zero-order valence-corrected chi connectivity index (χ0v) is 15.9. The molecule has 0 heterocycles. The van der Waals surface area contributed by atoms with Gasteiger partial charge in [0.15, 0.2) is 0 Å². The Bertz CT molecular complexity index is 566. The number of carboxylic acid groups (broad SMARTS) is 1. The Kier molecular flexibility index (Phi) is 11.0. The smallest absolute Gasteiger partial charge is 0.303 e. The monoisotopic (exact) mass is 361 g/mol. The Morgan fingerprint density at radius 1 is 1.08 bits per heavy atom. The molecule has 0 atom stereocenters. The van der Waals surface area contributed by atoms with Crippen LogP contribution < -0.4 is 0 Å². The summed E-state index contributed by atoms with van der Waals surface area (Å²) in [5.41, 5.74) is 1.59. The molecule has 0 fully saturated rings. The lowest BCUT2D eigenvalue weighted by molar-refractivity contribution is -0.138. The highest BCUT2D eigenvalue weighted by atomic mass is 16.7. The van der Waals surface area contributed by atoms with E-state index in [4.69, 9.17) is 9.94 Å². The van der Waals surface area contributed by atoms with Crippen molar-refractivity contribution >= 4 is 18.0 Å². The van der Waals surface area contributed by atoms with Crippen LogP contribution in [0, 0.1) is 0 Å². The van der Waals surface area contributed by atoms with E-state index in [2.05, 4.69) is 19.1 Å². The molecule has 0 saturated carbocycles. The molecule has 0 saturated heterocycles. The largest absolute Gasteiger partial charge is 0.481 e. The number of rotatable bonds is 13. The van der Waals surface area contributed by atoms with Gasteiger partial charge in [0, 0.05) is 18.5 Å². The first-order chi connectivity index (χ1) is 12.6. The molecular formula is C21H31NO4. The molecule has 0 aliphatic rings. The lowest BCUT2D eigenvalue weighted by Crippen LogP contribution is -2.31. The molecule has 1 amide bonds. The molecule has 0 unspecified atom stereocenters. The highest BCUT2D eigenvalue weighted by Crippen LogP contribution is 2.12. The van der Waals surface area contributed by atoms with Crippen molar-refractivity contribution in [1.82, 2.24) is 5.06 Å². The van der Waals surface area contributed by atoms with E-state index in [1.807, 2.05) is 12.1 Å². The second-order valence-electron chi connectivity index (χ2n) is 6.31. The highest BCUT2D eigenvalue weighted by molar-refractivity contribution is 5.93. The number of unbranched alkanes of at least 4 members (excludes halogenated alkanes) is 5. The molecule has 0 aromatic heterocycles. The molecule has 0 radical (unpaired) electrons. The summed E-state index contributed by atoms with van der Waals surface area (Å²) in [7, 11) is 1.41. The number of hydrogen-bond donors (Lipinski definition) is 1. The summed E-state index contributed by atoms with van der Waals surface area (Å²) >= 11 is 0. The van der Waals surface area contributed by atoms with Crippen molar-refractivity contribution in [2.45, 2.75) is 58.3 Å². The summed E-state index contributed by atoms with van der Waals surface area (Å²) < 4.78 is 0. The Morgan fingerprint density at radius 3 is 2.38 bits per heavy atom. The van der Waals surface area contributed by atoms with Gasteiger partial charge in [-0.05, 0) is 37.0 Å². The van der Waals surface area contributed by atoms with Gasteiger partial charge in [0.2, 0.25) is 0 Å². The molecule has 144 valence electrons. The van der Waals surface area contributed by atoms with Crippen LogP contribution in [0.4, 0.5) is 0 Å². The van der Waals surface area contributed by atoms with Crippen molar-refractivity contribution < 1.29 is 19.5 Å². The Balaban J connectivity index is 2.46. The number of aliphatic carboxylic acids is 1. The van der Waals surface area contributed by atoms with E-state index in [1.165, 1.54) is 44.3 Å². The Labute approximate surface area is 156 Å². The van der Waals surface area contributed by atoms with Gasteiger partial charge in [0.05, 0.1) is 7.11 Å². The van der Waals surface area contributed by atoms with Gasteiger partial charge in [-0.25, -0.2) is 5.06 Å². The number of benzene rings is 1. The second kappa shape index (κ2) is 13.1. The van der Waals surface area contributed by atoms with Crippen LogP contribution in [0.1, 0.15) is 74.2 Å². The zero-order valence-electron chi connectivity index (χ0n) is 15.9. The maximum Gasteiger partial charge on any atom is 0.303 e. The first-order valence-electron chi connectivity index (χ1n) is 9.42. The average molecular weight is 361 g/mol. The number of nitrogens with zero attached hydrogens (tertiary/aromatic N) is 1. The number of allylic oxidation sites excluding steroid dienone is 1. The van der Waals surface area contributed by atoms with Crippen LogP contribution in [-0.2, 0) is 9.63 Å². The van der Waals surface area contributed by atoms with Gasteiger partial charge in [-0.2, -0.15) is 0 Å². The van der Waals surface area contributed by atoms with Crippen LogP contribution >= 0.6 is 0 Å². The van der Waals surface area contributed by atoms with Crippen molar-refractivity contribution in [2.24, 2.45) is 0 Å². The van der Waals surface area contributed by atoms with E-state index in [-0.39, 0.29) is 18.9 Å². The predicted octanol–water partition coefficient (Wildman–Crippen LogP) is 4.93. The number of hydroxylamine groups is 2. The van der Waals surface area contributed by atoms with Gasteiger partial charge in [0.25, 0.3) is 5.91 Å². The van der Waals surface area contributed by atoms with Crippen molar-refractivity contribution in [2.75, 3.05) is 13.7 Å². The van der Waals surface area contributed by atoms with Crippen molar-refractivity contribution in [3.63, 3.8) is 0 Å². The van der Waals surface area contributed by atoms with Crippen LogP contribution in [0.2, 0.25) is 0 Å². The lowest BCUT2D eigenvalue weighted by Gasteiger charge is -2.19. The number of carbonyl (C=O) groups excluding carboxylic acids is 1. The third kappa shape index (κ3) is 8.81. The summed E-state index contributed by atoms with van der Waals surface area (Å²) in [6.07, 6.45) is 12.1. The molecule has 1 N–H and O–H groups in total. The second-order valence-corrected chi connectivity index (χ2v) is 6.31. The van der Waals surface area contributed by atoms with E-state index in [9.17, 15) is 9.59 Å². The first kappa shape index (κ1) is 21.9. The maximum atomic E-state index is 12.4. The minimum absolute atomic E-state index is 0.00924. The Hall–Kier alpha value is -2.14. The maximum absolute atomic E-state index is 12.4. The van der Waals surface area contributed by atoms with Crippen molar-refractivity contribution in [3.05, 3.63) is 41.5 Å². The van der Waals surface area contributed by atoms with E-state index in [1.54, 1.807) is 12.1 Å². The molecule has 5 nitrogen and oxygen atoms in total. The van der Waals surface area contributed by atoms with Crippen LogP contribution in [0.5, 0.6) is 0 Å². The quantitative estimate of drug-likeness (QED) is 0.400. The van der Waals surface area contributed by atoms with Gasteiger partial charge >= 0.3 is 5.97 Å². The van der Waals surface area contributed by atoms with E-state index in [0.29, 0.717) is 12.0 Å². The molecule has 0 aliphatic heterocycles. The molecule has 0 bridgehead atoms. The van der Waals surface area contributed by atoms with Gasteiger partial charge in [0.1, 0.15) is 0 Å². The zero-order chi connectivity index (χ0) is 19.2. The minimum atomic E-state index is -0.880. The summed E-state index contributed by atoms with van der Waals surface area (Å²) in [4.78, 5) is 28.0. The molecular weight excluding hydrogens is 330 g/mol. The van der Waals surface area contributed by atoms with Gasteiger partial charge in [-0.15, -0.1) is 0 Å². The molecule has 0 aliphatic carbocycles. The average Bonchev–Trinajstić information content (AvgIpc) is 2.64. The summed E-state index contributed by atoms with van der Waals surface area (Å²) in [6, 6.07) is 7.36. The normalized spacial score (nSPS) is 11.0. The fraction of sp³-hybridized carbons (Fsp3) is 0.524. The topological polar surface area (TPSA) is 66.8 Å². The third-order valence-electron chi connectivity index (χ3n) is 4.14. The summed E-state index contributed by atoms with van der Waals surface area (Å²) in [5, 5.41) is 9.88. The predicted molar refractivity (Wildman–Crippen MR) is 104 cm³/mol. The van der Waals surface area contributed by atoms with Gasteiger partial charge in [-0.1, -0.05) is 56.9 Å². The highest BCUT2D eigenvalue weighted by Gasteiger charge is 2.15. The number of carbonyl (C=O) groups is 2. The summed E-state index contributed by atoms with van der Waals surface area (Å²) in [5.74, 6) is -1.14. The summed E-state index contributed by atoms with van der Waals surface area (Å²) in [6.45, 7) is 2.47. The number of carboxylic acids is 1. The Morgan fingerprint density at radius 2 is 1.77 bits per heavy atom. The van der Waals surface area contributed by atoms with Crippen LogP contribution in [0.15, 0.2) is 30.3 Å². The number of hydrogen-bond acceptors (Lipinski definition) is 3. The molecule has 1 aromatic rings. The fourth-order valence-corrected chi connectivity index (χ4v) is 2.62. The molecule has 0 spiro atoms. The van der Waals surface area contributed by atoms with Gasteiger partial charge in [-0.3, -0.25) is 14.4 Å². The van der Waals surface area contributed by atoms with Crippen LogP contribution in [0.25, 0.3) is 6.08 Å². The third-order valence-corrected chi connectivity index (χ3v) is 4.14. The van der Waals surface area contributed by atoms with Crippen LogP contribution in [0.3, 0.4) is 0 Å². The van der Waals surface area contributed by atoms with Crippen LogP contribution in [-0.4, -0.2) is 35.7 Å². The van der Waals surface area contributed by atoms with E-state index < -0.39 is 5.97 Å². The van der Waals surface area contributed by atoms with E-state index in [0.717, 1.165) is 12.0 Å². The van der Waals surface area contributed by atoms with Gasteiger partial charge < -0.3 is 5.11 Å². The molecule has 26 heavy (non-hydrogen) atoms. The molecule has 5 heteroatoms. The minimum Gasteiger partial charge on any atom is -0.481 e. The van der Waals surface area contributed by atoms with E-state index >= 15 is 0 Å². The molecule has 1 rings (SSSR count). The number of amides is 1. The van der Waals surface area contributed by atoms with Crippen molar-refractivity contribution in [3.8, 4) is 0 Å². The fourth-order valence-electron chi connectivity index (χ4n) is 2.62. The standard InChI is InChI=1S/C21H31NO4/c1-3-4-5-6-7-8-9-11-18-13-15-19(16-14-18)21(25)22(26-2)17-10-12-20(23)24/h9,11,13-16H,3-8,10,12,17H2,1-2H3,(H,23,24)/b11-9+. The lowest BCUT2D eigenvalue weighted by atomic mass is 10.1. The SMILES string of the molecule is CCCCCCC/C=C/c1ccc(C(=O)N(CCCC(=O)O)OC)cc1.